The van der Waals surface area contributed by atoms with E-state index < -0.39 is 23.8 Å². The average Bonchev–Trinajstić information content (AvgIpc) is 3.73. The molecule has 2 unspecified atom stereocenters. The van der Waals surface area contributed by atoms with Gasteiger partial charge in [0.25, 0.3) is 5.91 Å². The van der Waals surface area contributed by atoms with E-state index in [0.717, 1.165) is 24.9 Å². The number of halogens is 2. The second-order valence-electron chi connectivity index (χ2n) is 11.1. The number of amides is 3. The third kappa shape index (κ3) is 8.16. The van der Waals surface area contributed by atoms with Crippen molar-refractivity contribution in [3.63, 3.8) is 0 Å². The topological polar surface area (TPSA) is 138 Å². The molecule has 0 saturated carbocycles. The van der Waals surface area contributed by atoms with E-state index in [9.17, 15) is 23.2 Å². The fourth-order valence-electron chi connectivity index (χ4n) is 5.42. The van der Waals surface area contributed by atoms with E-state index in [0.29, 0.717) is 42.2 Å². The van der Waals surface area contributed by atoms with Crippen molar-refractivity contribution in [2.24, 2.45) is 0 Å². The number of hydrogen-bond acceptors (Lipinski definition) is 7. The fraction of sp³-hybridized carbons (Fsp3) is 0.333. The molecule has 11 nitrogen and oxygen atoms in total. The molecule has 2 aliphatic rings. The summed E-state index contributed by atoms with van der Waals surface area (Å²) < 4.78 is 39.6. The molecule has 1 saturated heterocycles. The number of likely N-dealkylation sites (tertiary alicyclic amines) is 1. The third-order valence-electron chi connectivity index (χ3n) is 7.75. The van der Waals surface area contributed by atoms with E-state index in [-0.39, 0.29) is 35.7 Å². The monoisotopic (exact) mass is 634 g/mol. The van der Waals surface area contributed by atoms with E-state index in [2.05, 4.69) is 30.8 Å². The minimum Gasteiger partial charge on any atom is -0.486 e. The highest BCUT2D eigenvalue weighted by atomic mass is 19.1. The molecule has 3 heterocycles. The Bertz CT molecular complexity index is 1650. The first kappa shape index (κ1) is 32.4. The normalized spacial score (nSPS) is 17.9. The van der Waals surface area contributed by atoms with E-state index in [1.165, 1.54) is 31.4 Å². The van der Waals surface area contributed by atoms with Crippen molar-refractivity contribution in [1.29, 1.82) is 0 Å². The Morgan fingerprint density at radius 2 is 1.98 bits per heavy atom. The zero-order chi connectivity index (χ0) is 32.6. The van der Waals surface area contributed by atoms with E-state index >= 15 is 0 Å². The quantitative estimate of drug-likeness (QED) is 0.172. The highest BCUT2D eigenvalue weighted by Gasteiger charge is 2.30. The summed E-state index contributed by atoms with van der Waals surface area (Å²) in [4.78, 5) is 46.5. The largest absolute Gasteiger partial charge is 0.486 e. The van der Waals surface area contributed by atoms with Crippen LogP contribution in [0.15, 0.2) is 72.5 Å². The molecule has 0 radical (unpaired) electrons. The summed E-state index contributed by atoms with van der Waals surface area (Å²) in [7, 11) is 1.40. The lowest BCUT2D eigenvalue weighted by Crippen LogP contribution is -2.38. The first-order valence-corrected chi connectivity index (χ1v) is 15.0. The van der Waals surface area contributed by atoms with Crippen LogP contribution in [0.3, 0.4) is 0 Å². The number of ether oxygens (including phenoxy) is 2. The molecule has 2 aromatic heterocycles. The van der Waals surface area contributed by atoms with Crippen LogP contribution >= 0.6 is 0 Å². The fourth-order valence-corrected chi connectivity index (χ4v) is 5.42. The van der Waals surface area contributed by atoms with Crippen molar-refractivity contribution in [2.45, 2.75) is 44.8 Å². The Morgan fingerprint density at radius 3 is 2.78 bits per heavy atom. The van der Waals surface area contributed by atoms with Crippen molar-refractivity contribution in [3.05, 3.63) is 89.4 Å². The van der Waals surface area contributed by atoms with E-state index in [1.807, 2.05) is 0 Å². The van der Waals surface area contributed by atoms with Gasteiger partial charge in [-0.25, -0.2) is 13.6 Å². The number of pyridine rings is 1. The SMILES string of the molecule is COC(=O)C1CCCN1CCCNC(=O)c1c[nH]c(-c2cc(OC3C=C(F)C(NC(=O)Nc4cc(C)ccc4F)=CC3)ccn2)c1. The summed E-state index contributed by atoms with van der Waals surface area (Å²) in [6.45, 7) is 3.74. The third-order valence-corrected chi connectivity index (χ3v) is 7.75. The van der Waals surface area contributed by atoms with Crippen LogP contribution in [0.25, 0.3) is 11.4 Å². The van der Waals surface area contributed by atoms with Gasteiger partial charge in [0.15, 0.2) is 0 Å². The van der Waals surface area contributed by atoms with Gasteiger partial charge in [0.1, 0.15) is 29.5 Å². The number of nitrogens with one attached hydrogen (secondary N) is 4. The van der Waals surface area contributed by atoms with Crippen molar-refractivity contribution in [3.8, 4) is 17.1 Å². The molecule has 1 aliphatic carbocycles. The zero-order valence-corrected chi connectivity index (χ0v) is 25.6. The molecule has 1 aliphatic heterocycles. The number of aryl methyl sites for hydroxylation is 1. The Balaban J connectivity index is 1.10. The summed E-state index contributed by atoms with van der Waals surface area (Å²) in [6.07, 6.45) is 7.93. The number of aromatic amines is 1. The Hall–Kier alpha value is -5.04. The summed E-state index contributed by atoms with van der Waals surface area (Å²) in [6, 6.07) is 8.31. The molecule has 1 fully saturated rings. The molecule has 0 bridgehead atoms. The molecule has 3 aromatic rings. The summed E-state index contributed by atoms with van der Waals surface area (Å²) in [5.74, 6) is -1.31. The molecular formula is C33H36F2N6O5. The number of benzene rings is 1. The van der Waals surface area contributed by atoms with Crippen LogP contribution < -0.4 is 20.7 Å². The Labute approximate surface area is 265 Å². The maximum absolute atomic E-state index is 14.8. The molecule has 2 atom stereocenters. The van der Waals surface area contributed by atoms with E-state index in [4.69, 9.17) is 9.47 Å². The number of allylic oxidation sites excluding steroid dienone is 1. The van der Waals surface area contributed by atoms with Crippen LogP contribution in [-0.2, 0) is 9.53 Å². The molecule has 4 N–H and O–H groups in total. The predicted molar refractivity (Wildman–Crippen MR) is 167 cm³/mol. The number of rotatable bonds is 11. The van der Waals surface area contributed by atoms with Gasteiger partial charge >= 0.3 is 12.0 Å². The standard InChI is InChI=1S/C33H36F2N6O5/c1-20-6-8-24(34)27(15-20)40-33(44)39-26-9-7-22(17-25(26)35)46-23-10-12-36-29(18-23)28-16-21(19-38-28)31(42)37-11-4-14-41-13-3-5-30(41)32(43)45-2/h6,8-10,12,15-19,22,30,38H,3-5,7,11,13-14H2,1-2H3,(H,37,42)(H2,39,40,44). The van der Waals surface area contributed by atoms with Gasteiger partial charge in [-0.15, -0.1) is 0 Å². The molecule has 46 heavy (non-hydrogen) atoms. The molecule has 242 valence electrons. The van der Waals surface area contributed by atoms with Crippen LogP contribution in [0, 0.1) is 12.7 Å². The van der Waals surface area contributed by atoms with Crippen molar-refractivity contribution < 1.29 is 32.6 Å². The minimum absolute atomic E-state index is 0.00732. The average molecular weight is 635 g/mol. The minimum atomic E-state index is -0.771. The van der Waals surface area contributed by atoms with Crippen molar-refractivity contribution in [1.82, 2.24) is 25.5 Å². The maximum atomic E-state index is 14.8. The van der Waals surface area contributed by atoms with Gasteiger partial charge in [-0.2, -0.15) is 0 Å². The van der Waals surface area contributed by atoms with Crippen LogP contribution in [0.4, 0.5) is 19.3 Å². The summed E-state index contributed by atoms with van der Waals surface area (Å²) in [5, 5.41) is 7.70. The van der Waals surface area contributed by atoms with Gasteiger partial charge in [0, 0.05) is 38.0 Å². The number of anilines is 1. The number of carbonyl (C=O) groups is 3. The second kappa shape index (κ2) is 14.8. The smallest absolute Gasteiger partial charge is 0.323 e. The number of nitrogens with zero attached hydrogens (tertiary/aromatic N) is 2. The molecular weight excluding hydrogens is 598 g/mol. The van der Waals surface area contributed by atoms with Crippen LogP contribution in [-0.4, -0.2) is 71.7 Å². The summed E-state index contributed by atoms with van der Waals surface area (Å²) >= 11 is 0. The molecule has 0 spiro atoms. The highest BCUT2D eigenvalue weighted by molar-refractivity contribution is 5.95. The maximum Gasteiger partial charge on any atom is 0.323 e. The number of carbonyl (C=O) groups excluding carboxylic acids is 3. The number of H-pyrrole nitrogens is 1. The number of hydrogen-bond donors (Lipinski definition) is 4. The highest BCUT2D eigenvalue weighted by Crippen LogP contribution is 2.26. The first-order chi connectivity index (χ1) is 22.2. The van der Waals surface area contributed by atoms with Gasteiger partial charge in [-0.3, -0.25) is 19.5 Å². The number of methoxy groups -OCH3 is 1. The molecule has 5 rings (SSSR count). The number of urea groups is 1. The molecule has 1 aromatic carbocycles. The van der Waals surface area contributed by atoms with E-state index in [1.54, 1.807) is 43.6 Å². The lowest BCUT2D eigenvalue weighted by atomic mass is 10.1. The van der Waals surface area contributed by atoms with Gasteiger partial charge in [-0.05, 0) is 68.6 Å². The van der Waals surface area contributed by atoms with Crippen molar-refractivity contribution in [2.75, 3.05) is 32.1 Å². The number of esters is 1. The number of aromatic nitrogens is 2. The van der Waals surface area contributed by atoms with Gasteiger partial charge in [0.05, 0.1) is 35.4 Å². The summed E-state index contributed by atoms with van der Waals surface area (Å²) in [5.41, 5.74) is 2.28. The zero-order valence-electron chi connectivity index (χ0n) is 25.6. The predicted octanol–water partition coefficient (Wildman–Crippen LogP) is 4.99. The first-order valence-electron chi connectivity index (χ1n) is 15.0. The molecule has 3 amide bonds. The van der Waals surface area contributed by atoms with Gasteiger partial charge in [0.2, 0.25) is 0 Å². The Morgan fingerprint density at radius 1 is 1.13 bits per heavy atom. The lowest BCUT2D eigenvalue weighted by Gasteiger charge is -2.22. The lowest BCUT2D eigenvalue weighted by molar-refractivity contribution is -0.145. The van der Waals surface area contributed by atoms with Crippen LogP contribution in [0.1, 0.15) is 41.6 Å². The van der Waals surface area contributed by atoms with Crippen LogP contribution in [0.2, 0.25) is 0 Å². The molecule has 13 heteroatoms. The Kier molecular flexibility index (Phi) is 10.4. The van der Waals surface area contributed by atoms with Gasteiger partial charge in [-0.1, -0.05) is 12.1 Å². The van der Waals surface area contributed by atoms with Crippen LogP contribution in [0.5, 0.6) is 5.75 Å². The van der Waals surface area contributed by atoms with Gasteiger partial charge < -0.3 is 30.4 Å². The van der Waals surface area contributed by atoms with Crippen molar-refractivity contribution >= 4 is 23.6 Å². The second-order valence-corrected chi connectivity index (χ2v) is 11.1.